The standard InChI is InChI=1S/C17H31NO/c1-14-5-9-16(11-14,13-18)12-15-6-10-17(19-15)7-3-2-4-8-17/h14-15H,2-13,18H2,1H3. The molecule has 1 spiro atoms. The van der Waals surface area contributed by atoms with Crippen LogP contribution in [-0.2, 0) is 4.74 Å². The van der Waals surface area contributed by atoms with Crippen LogP contribution in [0, 0.1) is 11.3 Å². The molecule has 3 atom stereocenters. The van der Waals surface area contributed by atoms with Gasteiger partial charge in [-0.3, -0.25) is 0 Å². The molecule has 3 aliphatic rings. The molecule has 0 aromatic carbocycles. The maximum absolute atomic E-state index is 6.56. The van der Waals surface area contributed by atoms with Crippen molar-refractivity contribution >= 4 is 0 Å². The van der Waals surface area contributed by atoms with Gasteiger partial charge in [0.15, 0.2) is 0 Å². The summed E-state index contributed by atoms with van der Waals surface area (Å²) in [6.07, 6.45) is 15.2. The molecule has 3 unspecified atom stereocenters. The van der Waals surface area contributed by atoms with Crippen molar-refractivity contribution in [1.82, 2.24) is 0 Å². The molecule has 0 amide bonds. The predicted octanol–water partition coefficient (Wildman–Crippen LogP) is 4.02. The lowest BCUT2D eigenvalue weighted by atomic mass is 9.79. The van der Waals surface area contributed by atoms with E-state index in [-0.39, 0.29) is 5.60 Å². The number of nitrogens with two attached hydrogens (primary N) is 1. The second-order valence-corrected chi connectivity index (χ2v) is 7.78. The molecule has 2 aliphatic carbocycles. The molecule has 0 aromatic rings. The fourth-order valence-corrected chi connectivity index (χ4v) is 5.04. The van der Waals surface area contributed by atoms with E-state index < -0.39 is 0 Å². The minimum atomic E-state index is 0.281. The number of rotatable bonds is 3. The first kappa shape index (κ1) is 13.9. The van der Waals surface area contributed by atoms with Gasteiger partial charge in [-0.05, 0) is 62.8 Å². The van der Waals surface area contributed by atoms with Crippen LogP contribution in [0.4, 0.5) is 0 Å². The monoisotopic (exact) mass is 265 g/mol. The molecule has 1 heterocycles. The molecule has 0 radical (unpaired) electrons. The van der Waals surface area contributed by atoms with Crippen molar-refractivity contribution in [2.75, 3.05) is 6.54 Å². The van der Waals surface area contributed by atoms with E-state index in [1.807, 2.05) is 0 Å². The van der Waals surface area contributed by atoms with E-state index in [4.69, 9.17) is 10.5 Å². The summed E-state index contributed by atoms with van der Waals surface area (Å²) in [5.41, 5.74) is 6.81. The largest absolute Gasteiger partial charge is 0.372 e. The molecule has 3 rings (SSSR count). The summed E-state index contributed by atoms with van der Waals surface area (Å²) in [7, 11) is 0. The lowest BCUT2D eigenvalue weighted by molar-refractivity contribution is -0.0762. The lowest BCUT2D eigenvalue weighted by Gasteiger charge is -2.35. The topological polar surface area (TPSA) is 35.2 Å². The van der Waals surface area contributed by atoms with E-state index in [0.717, 1.165) is 12.5 Å². The van der Waals surface area contributed by atoms with Crippen LogP contribution in [0.1, 0.15) is 77.6 Å². The summed E-state index contributed by atoms with van der Waals surface area (Å²) >= 11 is 0. The first-order valence-electron chi connectivity index (χ1n) is 8.53. The summed E-state index contributed by atoms with van der Waals surface area (Å²) in [4.78, 5) is 0. The molecule has 1 saturated heterocycles. The first-order valence-corrected chi connectivity index (χ1v) is 8.53. The van der Waals surface area contributed by atoms with Crippen molar-refractivity contribution in [3.63, 3.8) is 0 Å². The van der Waals surface area contributed by atoms with Crippen molar-refractivity contribution < 1.29 is 4.74 Å². The fraction of sp³-hybridized carbons (Fsp3) is 1.00. The Morgan fingerprint density at radius 1 is 1.05 bits per heavy atom. The summed E-state index contributed by atoms with van der Waals surface area (Å²) in [6.45, 7) is 3.25. The molecular weight excluding hydrogens is 234 g/mol. The maximum Gasteiger partial charge on any atom is 0.0687 e. The zero-order valence-corrected chi connectivity index (χ0v) is 12.6. The van der Waals surface area contributed by atoms with Gasteiger partial charge in [-0.1, -0.05) is 32.6 Å². The molecule has 2 N–H and O–H groups in total. The minimum Gasteiger partial charge on any atom is -0.372 e. The average Bonchev–Trinajstić information content (AvgIpc) is 2.97. The van der Waals surface area contributed by atoms with Crippen molar-refractivity contribution in [3.8, 4) is 0 Å². The van der Waals surface area contributed by atoms with Gasteiger partial charge in [-0.15, -0.1) is 0 Å². The van der Waals surface area contributed by atoms with E-state index in [1.165, 1.54) is 70.6 Å². The van der Waals surface area contributed by atoms with Gasteiger partial charge in [0.25, 0.3) is 0 Å². The molecule has 2 heteroatoms. The predicted molar refractivity (Wildman–Crippen MR) is 79.0 cm³/mol. The molecular formula is C17H31NO. The maximum atomic E-state index is 6.56. The van der Waals surface area contributed by atoms with Crippen LogP contribution in [-0.4, -0.2) is 18.2 Å². The van der Waals surface area contributed by atoms with Gasteiger partial charge in [0.05, 0.1) is 11.7 Å². The third-order valence-corrected chi connectivity index (χ3v) is 6.15. The molecule has 110 valence electrons. The Bertz CT molecular complexity index is 310. The smallest absolute Gasteiger partial charge is 0.0687 e. The first-order chi connectivity index (χ1) is 9.15. The van der Waals surface area contributed by atoms with Crippen LogP contribution in [0.2, 0.25) is 0 Å². The SMILES string of the molecule is CC1CCC(CN)(CC2CCC3(CCCCC3)O2)C1. The highest BCUT2D eigenvalue weighted by Gasteiger charge is 2.45. The Labute approximate surface area is 118 Å². The highest BCUT2D eigenvalue weighted by Crippen LogP contribution is 2.49. The normalized spacial score (nSPS) is 42.0. The average molecular weight is 265 g/mol. The van der Waals surface area contributed by atoms with Crippen molar-refractivity contribution in [1.29, 1.82) is 0 Å². The molecule has 0 aromatic heterocycles. The molecule has 19 heavy (non-hydrogen) atoms. The highest BCUT2D eigenvalue weighted by atomic mass is 16.5. The van der Waals surface area contributed by atoms with Crippen LogP contribution in [0.15, 0.2) is 0 Å². The molecule has 1 aliphatic heterocycles. The zero-order chi connectivity index (χ0) is 13.3. The number of hydrogen-bond donors (Lipinski definition) is 1. The quantitative estimate of drug-likeness (QED) is 0.836. The number of hydrogen-bond acceptors (Lipinski definition) is 2. The zero-order valence-electron chi connectivity index (χ0n) is 12.6. The van der Waals surface area contributed by atoms with Crippen LogP contribution in [0.25, 0.3) is 0 Å². The lowest BCUT2D eigenvalue weighted by Crippen LogP contribution is -2.35. The van der Waals surface area contributed by atoms with Crippen molar-refractivity contribution in [2.24, 2.45) is 17.1 Å². The van der Waals surface area contributed by atoms with Gasteiger partial charge >= 0.3 is 0 Å². The number of ether oxygens (including phenoxy) is 1. The van der Waals surface area contributed by atoms with E-state index in [0.29, 0.717) is 11.5 Å². The highest BCUT2D eigenvalue weighted by molar-refractivity contribution is 4.96. The van der Waals surface area contributed by atoms with E-state index >= 15 is 0 Å². The van der Waals surface area contributed by atoms with E-state index in [9.17, 15) is 0 Å². The van der Waals surface area contributed by atoms with E-state index in [1.54, 1.807) is 0 Å². The van der Waals surface area contributed by atoms with Gasteiger partial charge in [-0.2, -0.15) is 0 Å². The van der Waals surface area contributed by atoms with Crippen LogP contribution in [0.5, 0.6) is 0 Å². The van der Waals surface area contributed by atoms with Gasteiger partial charge in [0.1, 0.15) is 0 Å². The Morgan fingerprint density at radius 2 is 1.84 bits per heavy atom. The van der Waals surface area contributed by atoms with Crippen LogP contribution < -0.4 is 5.73 Å². The van der Waals surface area contributed by atoms with Crippen molar-refractivity contribution in [2.45, 2.75) is 89.3 Å². The van der Waals surface area contributed by atoms with E-state index in [2.05, 4.69) is 6.92 Å². The molecule has 2 saturated carbocycles. The van der Waals surface area contributed by atoms with Gasteiger partial charge in [0, 0.05) is 0 Å². The summed E-state index contributed by atoms with van der Waals surface area (Å²) in [6, 6.07) is 0. The molecule has 3 fully saturated rings. The second-order valence-electron chi connectivity index (χ2n) is 7.78. The van der Waals surface area contributed by atoms with Gasteiger partial charge < -0.3 is 10.5 Å². The van der Waals surface area contributed by atoms with Gasteiger partial charge in [0.2, 0.25) is 0 Å². The molecule has 0 bridgehead atoms. The third kappa shape index (κ3) is 2.85. The van der Waals surface area contributed by atoms with Crippen LogP contribution in [0.3, 0.4) is 0 Å². The Morgan fingerprint density at radius 3 is 2.47 bits per heavy atom. The third-order valence-electron chi connectivity index (χ3n) is 6.15. The summed E-state index contributed by atoms with van der Waals surface area (Å²) < 4.78 is 6.56. The van der Waals surface area contributed by atoms with Gasteiger partial charge in [-0.25, -0.2) is 0 Å². The molecule has 2 nitrogen and oxygen atoms in total. The second kappa shape index (κ2) is 5.37. The van der Waals surface area contributed by atoms with Crippen LogP contribution >= 0.6 is 0 Å². The van der Waals surface area contributed by atoms with Crippen molar-refractivity contribution in [3.05, 3.63) is 0 Å². The summed E-state index contributed by atoms with van der Waals surface area (Å²) in [5.74, 6) is 0.869. The minimum absolute atomic E-state index is 0.281. The Balaban J connectivity index is 1.59. The summed E-state index contributed by atoms with van der Waals surface area (Å²) in [5, 5.41) is 0. The Hall–Kier alpha value is -0.0800. The fourth-order valence-electron chi connectivity index (χ4n) is 5.04. The Kier molecular flexibility index (Phi) is 3.92.